The van der Waals surface area contributed by atoms with Gasteiger partial charge in [0.1, 0.15) is 12.1 Å². The highest BCUT2D eigenvalue weighted by atomic mass is 16.6. The molecule has 2 rings (SSSR count). The quantitative estimate of drug-likeness (QED) is 0.661. The maximum absolute atomic E-state index is 6.31. The van der Waals surface area contributed by atoms with Crippen LogP contribution in [0.2, 0.25) is 0 Å². The molecule has 0 spiro atoms. The SMILES string of the molecule is CC1(C)C[N+](C)(C)C(C)(c2ccccc2)O1. The van der Waals surface area contributed by atoms with E-state index in [-0.39, 0.29) is 11.3 Å². The fourth-order valence-corrected chi connectivity index (χ4v) is 2.95. The van der Waals surface area contributed by atoms with Crippen molar-refractivity contribution in [2.75, 3.05) is 20.6 Å². The lowest BCUT2D eigenvalue weighted by atomic mass is 10.0. The maximum Gasteiger partial charge on any atom is 0.227 e. The van der Waals surface area contributed by atoms with Crippen molar-refractivity contribution in [2.24, 2.45) is 0 Å². The number of likely N-dealkylation sites (N-methyl/N-ethyl adjacent to an activating group) is 1. The van der Waals surface area contributed by atoms with E-state index in [1.54, 1.807) is 0 Å². The fourth-order valence-electron chi connectivity index (χ4n) is 2.95. The van der Waals surface area contributed by atoms with Crippen LogP contribution in [0.5, 0.6) is 0 Å². The lowest BCUT2D eigenvalue weighted by molar-refractivity contribution is -0.950. The van der Waals surface area contributed by atoms with Crippen LogP contribution in [0.15, 0.2) is 30.3 Å². The summed E-state index contributed by atoms with van der Waals surface area (Å²) in [5.41, 5.74) is 0.948. The molecule has 0 bridgehead atoms. The van der Waals surface area contributed by atoms with Crippen molar-refractivity contribution >= 4 is 0 Å². The second-order valence-corrected chi connectivity index (χ2v) is 6.05. The van der Waals surface area contributed by atoms with Gasteiger partial charge in [-0.1, -0.05) is 30.3 Å². The van der Waals surface area contributed by atoms with Crippen LogP contribution in [0, 0.1) is 0 Å². The normalized spacial score (nSPS) is 31.6. The first kappa shape index (κ1) is 11.6. The van der Waals surface area contributed by atoms with Crippen LogP contribution in [0.4, 0.5) is 0 Å². The molecule has 0 radical (unpaired) electrons. The minimum Gasteiger partial charge on any atom is -0.311 e. The van der Waals surface area contributed by atoms with Gasteiger partial charge in [0.05, 0.1) is 14.1 Å². The Labute approximate surface area is 98.4 Å². The predicted octanol–water partition coefficient (Wildman–Crippen LogP) is 2.74. The minimum absolute atomic E-state index is 0.0614. The van der Waals surface area contributed by atoms with Gasteiger partial charge in [0.25, 0.3) is 0 Å². The zero-order chi connectivity index (χ0) is 12.0. The molecule has 1 aromatic carbocycles. The number of rotatable bonds is 1. The third-order valence-electron chi connectivity index (χ3n) is 3.72. The zero-order valence-corrected chi connectivity index (χ0v) is 10.9. The molecule has 88 valence electrons. The van der Waals surface area contributed by atoms with Crippen LogP contribution in [0.1, 0.15) is 26.3 Å². The minimum atomic E-state index is -0.245. The Morgan fingerprint density at radius 1 is 1.06 bits per heavy atom. The molecular weight excluding hydrogens is 198 g/mol. The summed E-state index contributed by atoms with van der Waals surface area (Å²) in [4.78, 5) is 0. The van der Waals surface area contributed by atoms with Crippen LogP contribution in [-0.4, -0.2) is 30.7 Å². The van der Waals surface area contributed by atoms with Gasteiger partial charge in [-0.15, -0.1) is 0 Å². The number of nitrogens with zero attached hydrogens (tertiary/aromatic N) is 1. The highest BCUT2D eigenvalue weighted by molar-refractivity contribution is 5.20. The van der Waals surface area contributed by atoms with Crippen LogP contribution in [0.25, 0.3) is 0 Å². The molecule has 1 atom stereocenters. The van der Waals surface area contributed by atoms with E-state index >= 15 is 0 Å². The standard InChI is InChI=1S/C14H22NO/c1-13(2)11-15(4,5)14(3,16-13)12-9-7-6-8-10-12/h6-10H,11H2,1-5H3/q+1. The second-order valence-electron chi connectivity index (χ2n) is 6.05. The van der Waals surface area contributed by atoms with E-state index in [4.69, 9.17) is 4.74 Å². The first-order chi connectivity index (χ1) is 7.27. The highest BCUT2D eigenvalue weighted by Gasteiger charge is 2.56. The number of ether oxygens (including phenoxy) is 1. The van der Waals surface area contributed by atoms with E-state index in [0.717, 1.165) is 11.0 Å². The van der Waals surface area contributed by atoms with Crippen LogP contribution in [-0.2, 0) is 10.5 Å². The maximum atomic E-state index is 6.31. The second kappa shape index (κ2) is 3.31. The molecule has 0 aromatic heterocycles. The van der Waals surface area contributed by atoms with E-state index in [2.05, 4.69) is 59.1 Å². The van der Waals surface area contributed by atoms with Gasteiger partial charge >= 0.3 is 0 Å². The summed E-state index contributed by atoms with van der Waals surface area (Å²) in [7, 11) is 4.48. The Bertz CT molecular complexity index is 383. The Hall–Kier alpha value is -0.860. The van der Waals surface area contributed by atoms with E-state index < -0.39 is 0 Å². The molecule has 16 heavy (non-hydrogen) atoms. The summed E-state index contributed by atoms with van der Waals surface area (Å²) in [5, 5.41) is 0. The monoisotopic (exact) mass is 220 g/mol. The van der Waals surface area contributed by atoms with Crippen molar-refractivity contribution in [1.29, 1.82) is 0 Å². The predicted molar refractivity (Wildman–Crippen MR) is 65.9 cm³/mol. The summed E-state index contributed by atoms with van der Waals surface area (Å²) in [6.07, 6.45) is 0. The first-order valence-electron chi connectivity index (χ1n) is 5.86. The molecule has 1 aromatic rings. The summed E-state index contributed by atoms with van der Waals surface area (Å²) in [5.74, 6) is 0. The fraction of sp³-hybridized carbons (Fsp3) is 0.571. The van der Waals surface area contributed by atoms with Gasteiger partial charge in [0.2, 0.25) is 5.72 Å². The molecule has 1 aliphatic heterocycles. The van der Waals surface area contributed by atoms with E-state index in [1.807, 2.05) is 6.07 Å². The van der Waals surface area contributed by atoms with Gasteiger partial charge in [-0.2, -0.15) is 0 Å². The van der Waals surface area contributed by atoms with Gasteiger partial charge < -0.3 is 4.74 Å². The molecule has 1 saturated heterocycles. The number of benzene rings is 1. The van der Waals surface area contributed by atoms with Crippen LogP contribution < -0.4 is 0 Å². The third-order valence-corrected chi connectivity index (χ3v) is 3.72. The molecule has 1 unspecified atom stereocenters. The topological polar surface area (TPSA) is 9.23 Å². The molecule has 2 nitrogen and oxygen atoms in total. The third kappa shape index (κ3) is 1.66. The average Bonchev–Trinajstić information content (AvgIpc) is 2.33. The van der Waals surface area contributed by atoms with E-state index in [0.29, 0.717) is 0 Å². The van der Waals surface area contributed by atoms with Crippen molar-refractivity contribution in [2.45, 2.75) is 32.1 Å². The summed E-state index contributed by atoms with van der Waals surface area (Å²) >= 11 is 0. The molecule has 0 saturated carbocycles. The number of quaternary nitrogens is 1. The van der Waals surface area contributed by atoms with Gasteiger partial charge in [0.15, 0.2) is 0 Å². The smallest absolute Gasteiger partial charge is 0.227 e. The molecular formula is C14H22NO+. The highest BCUT2D eigenvalue weighted by Crippen LogP contribution is 2.44. The molecule has 0 N–H and O–H groups in total. The first-order valence-corrected chi connectivity index (χ1v) is 5.86. The Balaban J connectivity index is 2.46. The molecule has 0 aliphatic carbocycles. The van der Waals surface area contributed by atoms with Crippen molar-refractivity contribution in [3.63, 3.8) is 0 Å². The molecule has 1 heterocycles. The molecule has 1 fully saturated rings. The van der Waals surface area contributed by atoms with Crippen molar-refractivity contribution in [3.8, 4) is 0 Å². The van der Waals surface area contributed by atoms with Crippen molar-refractivity contribution in [3.05, 3.63) is 35.9 Å². The number of hydrogen-bond donors (Lipinski definition) is 0. The van der Waals surface area contributed by atoms with E-state index in [1.165, 1.54) is 5.56 Å². The molecule has 0 amide bonds. The molecule has 1 aliphatic rings. The molecule has 2 heteroatoms. The average molecular weight is 220 g/mol. The van der Waals surface area contributed by atoms with Gasteiger partial charge in [-0.3, -0.25) is 4.48 Å². The van der Waals surface area contributed by atoms with Crippen molar-refractivity contribution in [1.82, 2.24) is 0 Å². The Morgan fingerprint density at radius 2 is 1.62 bits per heavy atom. The van der Waals surface area contributed by atoms with Gasteiger partial charge in [-0.05, 0) is 13.8 Å². The van der Waals surface area contributed by atoms with Crippen LogP contribution >= 0.6 is 0 Å². The van der Waals surface area contributed by atoms with Crippen molar-refractivity contribution < 1.29 is 9.22 Å². The lowest BCUT2D eigenvalue weighted by Gasteiger charge is -2.38. The Kier molecular flexibility index (Phi) is 2.41. The van der Waals surface area contributed by atoms with Gasteiger partial charge in [0, 0.05) is 12.5 Å². The summed E-state index contributed by atoms with van der Waals surface area (Å²) in [6.45, 7) is 7.55. The lowest BCUT2D eigenvalue weighted by Crippen LogP contribution is -2.51. The zero-order valence-electron chi connectivity index (χ0n) is 10.9. The summed E-state index contributed by atoms with van der Waals surface area (Å²) in [6, 6.07) is 10.5. The Morgan fingerprint density at radius 3 is 2.06 bits per heavy atom. The van der Waals surface area contributed by atoms with E-state index in [9.17, 15) is 0 Å². The largest absolute Gasteiger partial charge is 0.311 e. The number of hydrogen-bond acceptors (Lipinski definition) is 1. The van der Waals surface area contributed by atoms with Gasteiger partial charge in [-0.25, -0.2) is 0 Å². The van der Waals surface area contributed by atoms with Crippen LogP contribution in [0.3, 0.4) is 0 Å². The summed E-state index contributed by atoms with van der Waals surface area (Å²) < 4.78 is 7.17.